The fourth-order valence-corrected chi connectivity index (χ4v) is 2.69. The molecule has 0 spiro atoms. The second-order valence-corrected chi connectivity index (χ2v) is 5.95. The Hall–Kier alpha value is -1.10. The summed E-state index contributed by atoms with van der Waals surface area (Å²) in [5.41, 5.74) is 0.598. The van der Waals surface area contributed by atoms with E-state index in [2.05, 4.69) is 4.98 Å². The van der Waals surface area contributed by atoms with E-state index in [9.17, 15) is 9.90 Å². The molecule has 16 heavy (non-hydrogen) atoms. The van der Waals surface area contributed by atoms with Crippen molar-refractivity contribution in [3.8, 4) is 0 Å². The summed E-state index contributed by atoms with van der Waals surface area (Å²) in [5.74, 6) is 0.570. The van der Waals surface area contributed by atoms with Crippen LogP contribution in [0.15, 0.2) is 5.38 Å². The number of carbonyl (C=O) groups is 1. The van der Waals surface area contributed by atoms with Crippen LogP contribution in [0.3, 0.4) is 0 Å². The molecule has 1 aromatic rings. The fourth-order valence-electron chi connectivity index (χ4n) is 1.60. The molecule has 5 heteroatoms. The molecule has 1 heterocycles. The topological polar surface area (TPSA) is 53.4 Å². The summed E-state index contributed by atoms with van der Waals surface area (Å²) in [5, 5.41) is 11.8. The molecule has 0 aromatic carbocycles. The number of nitrogens with zero attached hydrogens (tertiary/aromatic N) is 2. The van der Waals surface area contributed by atoms with Gasteiger partial charge in [0.1, 0.15) is 0 Å². The van der Waals surface area contributed by atoms with Gasteiger partial charge < -0.3 is 5.11 Å². The first-order chi connectivity index (χ1) is 7.39. The molecular formula is C11H16N2O2S. The van der Waals surface area contributed by atoms with Crippen molar-refractivity contribution in [2.75, 3.05) is 4.90 Å². The van der Waals surface area contributed by atoms with E-state index in [-0.39, 0.29) is 0 Å². The van der Waals surface area contributed by atoms with Gasteiger partial charge in [-0.3, -0.25) is 0 Å². The van der Waals surface area contributed by atoms with E-state index in [4.69, 9.17) is 0 Å². The summed E-state index contributed by atoms with van der Waals surface area (Å²) < 4.78 is 0. The number of rotatable bonds is 2. The van der Waals surface area contributed by atoms with Crippen LogP contribution in [-0.4, -0.2) is 21.7 Å². The lowest BCUT2D eigenvalue weighted by Gasteiger charge is -2.30. The molecule has 1 amide bonds. The van der Waals surface area contributed by atoms with Crippen LogP contribution in [0, 0.1) is 0 Å². The second-order valence-electron chi connectivity index (χ2n) is 5.12. The predicted molar refractivity (Wildman–Crippen MR) is 64.3 cm³/mol. The molecular weight excluding hydrogens is 224 g/mol. The highest BCUT2D eigenvalue weighted by Crippen LogP contribution is 2.42. The molecule has 0 unspecified atom stereocenters. The van der Waals surface area contributed by atoms with Crippen LogP contribution in [0.4, 0.5) is 9.93 Å². The first-order valence-corrected chi connectivity index (χ1v) is 6.26. The summed E-state index contributed by atoms with van der Waals surface area (Å²) in [4.78, 5) is 17.0. The number of hydrogen-bond donors (Lipinski definition) is 1. The minimum Gasteiger partial charge on any atom is -0.465 e. The van der Waals surface area contributed by atoms with Gasteiger partial charge in [-0.25, -0.2) is 14.7 Å². The molecule has 1 aliphatic rings. The SMILES string of the molecule is CC(C)(C)N(C(=O)O)c1nc(C2CC2)cs1. The zero-order chi connectivity index (χ0) is 11.9. The summed E-state index contributed by atoms with van der Waals surface area (Å²) in [6, 6.07) is 0. The molecule has 1 fully saturated rings. The van der Waals surface area contributed by atoms with E-state index >= 15 is 0 Å². The smallest absolute Gasteiger partial charge is 0.414 e. The molecule has 0 atom stereocenters. The lowest BCUT2D eigenvalue weighted by molar-refractivity contribution is 0.195. The van der Waals surface area contributed by atoms with Crippen LogP contribution in [0.2, 0.25) is 0 Å². The minimum atomic E-state index is -0.941. The van der Waals surface area contributed by atoms with Crippen molar-refractivity contribution in [3.05, 3.63) is 11.1 Å². The van der Waals surface area contributed by atoms with Crippen LogP contribution >= 0.6 is 11.3 Å². The molecule has 2 rings (SSSR count). The van der Waals surface area contributed by atoms with Gasteiger partial charge in [0.25, 0.3) is 0 Å². The van der Waals surface area contributed by atoms with Gasteiger partial charge in [-0.15, -0.1) is 11.3 Å². The highest BCUT2D eigenvalue weighted by Gasteiger charge is 2.32. The lowest BCUT2D eigenvalue weighted by atomic mass is 10.1. The summed E-state index contributed by atoms with van der Waals surface area (Å²) in [7, 11) is 0. The standard InChI is InChI=1S/C11H16N2O2S/c1-11(2,3)13(10(14)15)9-12-8(6-16-9)7-4-5-7/h6-7H,4-5H2,1-3H3,(H,14,15). The summed E-state index contributed by atoms with van der Waals surface area (Å²) >= 11 is 1.42. The molecule has 0 radical (unpaired) electrons. The van der Waals surface area contributed by atoms with Crippen molar-refractivity contribution in [3.63, 3.8) is 0 Å². The van der Waals surface area contributed by atoms with Gasteiger partial charge in [0, 0.05) is 16.8 Å². The van der Waals surface area contributed by atoms with Crippen molar-refractivity contribution in [1.82, 2.24) is 4.98 Å². The molecule has 88 valence electrons. The van der Waals surface area contributed by atoms with Gasteiger partial charge >= 0.3 is 6.09 Å². The maximum atomic E-state index is 11.2. The number of carboxylic acid groups (broad SMARTS) is 1. The summed E-state index contributed by atoms with van der Waals surface area (Å²) in [6.07, 6.45) is 1.43. The van der Waals surface area contributed by atoms with Gasteiger partial charge in [-0.2, -0.15) is 0 Å². The molecule has 0 saturated heterocycles. The number of hydrogen-bond acceptors (Lipinski definition) is 3. The third-order valence-electron chi connectivity index (χ3n) is 2.56. The Bertz CT molecular complexity index is 404. The molecule has 4 nitrogen and oxygen atoms in total. The van der Waals surface area contributed by atoms with Crippen molar-refractivity contribution in [1.29, 1.82) is 0 Å². The molecule has 1 N–H and O–H groups in total. The van der Waals surface area contributed by atoms with Gasteiger partial charge in [0.15, 0.2) is 5.13 Å². The Labute approximate surface area is 98.9 Å². The molecule has 0 bridgehead atoms. The van der Waals surface area contributed by atoms with E-state index < -0.39 is 11.6 Å². The van der Waals surface area contributed by atoms with Gasteiger partial charge in [0.05, 0.1) is 5.69 Å². The molecule has 1 aliphatic carbocycles. The summed E-state index contributed by atoms with van der Waals surface area (Å²) in [6.45, 7) is 5.62. The van der Waals surface area contributed by atoms with Crippen LogP contribution in [0.5, 0.6) is 0 Å². The van der Waals surface area contributed by atoms with Gasteiger partial charge in [-0.05, 0) is 33.6 Å². The second kappa shape index (κ2) is 3.73. The Morgan fingerprint density at radius 2 is 2.19 bits per heavy atom. The monoisotopic (exact) mass is 240 g/mol. The van der Waals surface area contributed by atoms with Crippen LogP contribution in [0.25, 0.3) is 0 Å². The van der Waals surface area contributed by atoms with Crippen molar-refractivity contribution < 1.29 is 9.90 Å². The average Bonchev–Trinajstić information content (AvgIpc) is 2.85. The minimum absolute atomic E-state index is 0.454. The number of anilines is 1. The first-order valence-electron chi connectivity index (χ1n) is 5.38. The highest BCUT2D eigenvalue weighted by molar-refractivity contribution is 7.14. The normalized spacial score (nSPS) is 16.2. The van der Waals surface area contributed by atoms with Crippen molar-refractivity contribution in [2.24, 2.45) is 0 Å². The van der Waals surface area contributed by atoms with E-state index in [1.54, 1.807) is 0 Å². The molecule has 0 aliphatic heterocycles. The zero-order valence-electron chi connectivity index (χ0n) is 9.73. The number of aromatic nitrogens is 1. The Morgan fingerprint density at radius 1 is 1.56 bits per heavy atom. The van der Waals surface area contributed by atoms with Crippen molar-refractivity contribution >= 4 is 22.6 Å². The zero-order valence-corrected chi connectivity index (χ0v) is 10.5. The number of thiazole rings is 1. The lowest BCUT2D eigenvalue weighted by Crippen LogP contribution is -2.45. The largest absolute Gasteiger partial charge is 0.465 e. The van der Waals surface area contributed by atoms with Gasteiger partial charge in [0.2, 0.25) is 0 Å². The van der Waals surface area contributed by atoms with Crippen LogP contribution in [0.1, 0.15) is 45.2 Å². The van der Waals surface area contributed by atoms with Gasteiger partial charge in [-0.1, -0.05) is 0 Å². The van der Waals surface area contributed by atoms with E-state index in [1.807, 2.05) is 26.2 Å². The maximum absolute atomic E-state index is 11.2. The average molecular weight is 240 g/mol. The Kier molecular flexibility index (Phi) is 2.66. The third-order valence-corrected chi connectivity index (χ3v) is 3.40. The van der Waals surface area contributed by atoms with E-state index in [0.29, 0.717) is 11.0 Å². The van der Waals surface area contributed by atoms with Crippen LogP contribution < -0.4 is 4.90 Å². The van der Waals surface area contributed by atoms with Crippen molar-refractivity contribution in [2.45, 2.75) is 45.1 Å². The van der Waals surface area contributed by atoms with E-state index in [0.717, 1.165) is 5.69 Å². The Morgan fingerprint density at radius 3 is 2.62 bits per heavy atom. The third kappa shape index (κ3) is 2.19. The Balaban J connectivity index is 2.27. The maximum Gasteiger partial charge on any atom is 0.414 e. The van der Waals surface area contributed by atoms with Crippen LogP contribution in [-0.2, 0) is 0 Å². The molecule has 1 aromatic heterocycles. The first kappa shape index (κ1) is 11.4. The number of amides is 1. The molecule has 1 saturated carbocycles. The fraction of sp³-hybridized carbons (Fsp3) is 0.636. The highest BCUT2D eigenvalue weighted by atomic mass is 32.1. The van der Waals surface area contributed by atoms with E-state index in [1.165, 1.54) is 29.1 Å². The predicted octanol–water partition coefficient (Wildman–Crippen LogP) is 3.30. The quantitative estimate of drug-likeness (QED) is 0.862.